The summed E-state index contributed by atoms with van der Waals surface area (Å²) >= 11 is 12.1. The van der Waals surface area contributed by atoms with Crippen LogP contribution in [0, 0.1) is 0 Å². The number of halogens is 2. The van der Waals surface area contributed by atoms with Gasteiger partial charge in [-0.2, -0.15) is 0 Å². The number of unbranched alkanes of at least 4 members (excludes halogenated alkanes) is 1. The Bertz CT molecular complexity index is 627. The first-order chi connectivity index (χ1) is 10.6. The smallest absolute Gasteiger partial charge is 0.188 e. The summed E-state index contributed by atoms with van der Waals surface area (Å²) in [6.45, 7) is 2.84. The van der Waals surface area contributed by atoms with Gasteiger partial charge in [0.25, 0.3) is 0 Å². The van der Waals surface area contributed by atoms with Crippen LogP contribution in [-0.4, -0.2) is 31.0 Å². The number of carbonyl (C=O) groups excluding carboxylic acids is 1. The Morgan fingerprint density at radius 1 is 1.09 bits per heavy atom. The van der Waals surface area contributed by atoms with Crippen LogP contribution in [0.3, 0.4) is 0 Å². The van der Waals surface area contributed by atoms with Gasteiger partial charge in [-0.05, 0) is 44.6 Å². The van der Waals surface area contributed by atoms with Crippen LogP contribution < -0.4 is 10.0 Å². The van der Waals surface area contributed by atoms with Crippen molar-refractivity contribution in [1.82, 2.24) is 0 Å². The van der Waals surface area contributed by atoms with Crippen molar-refractivity contribution in [2.75, 3.05) is 6.61 Å². The first kappa shape index (κ1) is 20.6. The molecule has 0 aliphatic carbocycles. The van der Waals surface area contributed by atoms with Gasteiger partial charge in [-0.15, -0.1) is 0 Å². The van der Waals surface area contributed by atoms with Gasteiger partial charge in [0.15, 0.2) is 5.52 Å². The molecule has 117 valence electrons. The number of hydrogen-bond donors (Lipinski definition) is 0. The molecular formula is C17H17Cl2LiO2P. The second-order valence-corrected chi connectivity index (χ2v) is 6.87. The fourth-order valence-electron chi connectivity index (χ4n) is 1.88. The summed E-state index contributed by atoms with van der Waals surface area (Å²) in [5.74, 6) is 0.824. The quantitative estimate of drug-likeness (QED) is 0.396. The molecule has 0 aliphatic heterocycles. The molecule has 0 heterocycles. The molecule has 2 nitrogen and oxygen atoms in total. The molecule has 0 spiro atoms. The summed E-state index contributed by atoms with van der Waals surface area (Å²) < 4.78 is 5.61. The van der Waals surface area contributed by atoms with Gasteiger partial charge in [-0.25, -0.2) is 0 Å². The van der Waals surface area contributed by atoms with E-state index in [1.165, 1.54) is 0 Å². The van der Waals surface area contributed by atoms with Crippen LogP contribution in [0.2, 0.25) is 10.0 Å². The third-order valence-electron chi connectivity index (χ3n) is 3.07. The molecule has 0 fully saturated rings. The Morgan fingerprint density at radius 3 is 2.26 bits per heavy atom. The largest absolute Gasteiger partial charge is 0.494 e. The number of rotatable bonds is 7. The van der Waals surface area contributed by atoms with Crippen molar-refractivity contribution in [3.05, 3.63) is 58.1 Å². The Hall–Kier alpha value is -0.483. The SMILES string of the molecule is CCCCOc1ccc(PC(=O)c2c(Cl)cccc2Cl)cc1.[Li]. The summed E-state index contributed by atoms with van der Waals surface area (Å²) in [6, 6.07) is 12.7. The number of benzene rings is 2. The summed E-state index contributed by atoms with van der Waals surface area (Å²) in [5.41, 5.74) is 0.336. The van der Waals surface area contributed by atoms with E-state index in [4.69, 9.17) is 27.9 Å². The Morgan fingerprint density at radius 2 is 1.70 bits per heavy atom. The molecule has 1 atom stereocenters. The van der Waals surface area contributed by atoms with Crippen molar-refractivity contribution in [3.8, 4) is 5.75 Å². The van der Waals surface area contributed by atoms with E-state index in [1.54, 1.807) is 18.2 Å². The maximum Gasteiger partial charge on any atom is 0.188 e. The van der Waals surface area contributed by atoms with Gasteiger partial charge in [0, 0.05) is 18.9 Å². The zero-order valence-corrected chi connectivity index (χ0v) is 15.7. The van der Waals surface area contributed by atoms with Crippen LogP contribution >= 0.6 is 31.8 Å². The van der Waals surface area contributed by atoms with E-state index < -0.39 is 0 Å². The molecule has 0 saturated heterocycles. The van der Waals surface area contributed by atoms with Crippen LogP contribution in [0.1, 0.15) is 30.1 Å². The monoisotopic (exact) mass is 361 g/mol. The zero-order chi connectivity index (χ0) is 15.9. The maximum absolute atomic E-state index is 12.4. The predicted molar refractivity (Wildman–Crippen MR) is 101 cm³/mol. The molecule has 2 aromatic rings. The third kappa shape index (κ3) is 6.15. The van der Waals surface area contributed by atoms with Crippen molar-refractivity contribution in [2.24, 2.45) is 0 Å². The van der Waals surface area contributed by atoms with Crippen molar-refractivity contribution >= 4 is 61.5 Å². The summed E-state index contributed by atoms with van der Waals surface area (Å²) in [7, 11) is -0.0161. The number of ether oxygens (including phenoxy) is 1. The second-order valence-electron chi connectivity index (χ2n) is 4.78. The average Bonchev–Trinajstić information content (AvgIpc) is 2.49. The van der Waals surface area contributed by atoms with Crippen LogP contribution in [0.4, 0.5) is 0 Å². The van der Waals surface area contributed by atoms with Gasteiger partial charge >= 0.3 is 0 Å². The minimum Gasteiger partial charge on any atom is -0.494 e. The molecule has 0 aromatic heterocycles. The van der Waals surface area contributed by atoms with Gasteiger partial charge < -0.3 is 4.74 Å². The Kier molecular flexibility index (Phi) is 9.29. The minimum absolute atomic E-state index is 0. The van der Waals surface area contributed by atoms with E-state index in [9.17, 15) is 4.79 Å². The zero-order valence-electron chi connectivity index (χ0n) is 13.2. The van der Waals surface area contributed by atoms with E-state index in [1.807, 2.05) is 24.3 Å². The Balaban J connectivity index is 0.00000264. The second kappa shape index (κ2) is 10.4. The Labute approximate surface area is 160 Å². The van der Waals surface area contributed by atoms with Crippen molar-refractivity contribution < 1.29 is 9.53 Å². The fraction of sp³-hybridized carbons (Fsp3) is 0.235. The van der Waals surface area contributed by atoms with Crippen LogP contribution in [0.15, 0.2) is 42.5 Å². The molecule has 0 saturated carbocycles. The molecule has 0 aliphatic rings. The van der Waals surface area contributed by atoms with Gasteiger partial charge in [0.05, 0.1) is 22.2 Å². The van der Waals surface area contributed by atoms with E-state index >= 15 is 0 Å². The van der Waals surface area contributed by atoms with Gasteiger partial charge in [0.1, 0.15) is 5.75 Å². The number of carbonyl (C=O) groups is 1. The minimum atomic E-state index is -0.0600. The third-order valence-corrected chi connectivity index (χ3v) is 4.80. The summed E-state index contributed by atoms with van der Waals surface area (Å²) in [4.78, 5) is 12.4. The van der Waals surface area contributed by atoms with Crippen LogP contribution in [-0.2, 0) is 0 Å². The molecule has 0 amide bonds. The van der Waals surface area contributed by atoms with Gasteiger partial charge in [-0.3, -0.25) is 4.79 Å². The van der Waals surface area contributed by atoms with E-state index in [-0.39, 0.29) is 33.0 Å². The van der Waals surface area contributed by atoms with Gasteiger partial charge in [0.2, 0.25) is 0 Å². The van der Waals surface area contributed by atoms with Crippen molar-refractivity contribution in [1.29, 1.82) is 0 Å². The first-order valence-electron chi connectivity index (χ1n) is 7.10. The van der Waals surface area contributed by atoms with Crippen molar-refractivity contribution in [3.63, 3.8) is 0 Å². The topological polar surface area (TPSA) is 26.3 Å². The molecule has 23 heavy (non-hydrogen) atoms. The van der Waals surface area contributed by atoms with E-state index in [2.05, 4.69) is 6.92 Å². The molecule has 1 unspecified atom stereocenters. The summed E-state index contributed by atoms with van der Waals surface area (Å²) in [5, 5.41) is 1.72. The molecule has 1 radical (unpaired) electrons. The van der Waals surface area contributed by atoms with Crippen LogP contribution in [0.5, 0.6) is 5.75 Å². The molecule has 2 aromatic carbocycles. The first-order valence-corrected chi connectivity index (χ1v) is 8.85. The van der Waals surface area contributed by atoms with Crippen LogP contribution in [0.25, 0.3) is 0 Å². The normalized spacial score (nSPS) is 10.6. The molecule has 6 heteroatoms. The van der Waals surface area contributed by atoms with Gasteiger partial charge in [-0.1, -0.05) is 54.7 Å². The average molecular weight is 362 g/mol. The maximum atomic E-state index is 12.4. The molecule has 0 bridgehead atoms. The molecule has 2 rings (SSSR count). The molecular weight excluding hydrogens is 345 g/mol. The van der Waals surface area contributed by atoms with Crippen molar-refractivity contribution in [2.45, 2.75) is 19.8 Å². The predicted octanol–water partition coefficient (Wildman–Crippen LogP) is 4.94. The summed E-state index contributed by atoms with van der Waals surface area (Å²) in [6.07, 6.45) is 2.14. The number of hydrogen-bond acceptors (Lipinski definition) is 2. The molecule has 0 N–H and O–H groups in total. The van der Waals surface area contributed by atoms with E-state index in [0.29, 0.717) is 22.2 Å². The standard InChI is InChI=1S/C17H17Cl2O2P.Li/c1-2-3-11-21-12-7-9-13(10-8-12)22-17(20)16-14(18)5-4-6-15(16)19;/h4-10,22H,2-3,11H2,1H3;. The van der Waals surface area contributed by atoms with E-state index in [0.717, 1.165) is 23.9 Å². The fourth-order valence-corrected chi connectivity index (χ4v) is 3.59.